The van der Waals surface area contributed by atoms with Gasteiger partial charge in [-0.15, -0.1) is 0 Å². The topological polar surface area (TPSA) is 142 Å². The lowest BCUT2D eigenvalue weighted by molar-refractivity contribution is -0.115. The Morgan fingerprint density at radius 3 is 2.47 bits per heavy atom. The maximum Gasteiger partial charge on any atom is 0.330 e. The van der Waals surface area contributed by atoms with Crippen LogP contribution in [0.15, 0.2) is 52.1 Å². The van der Waals surface area contributed by atoms with Gasteiger partial charge in [-0.2, -0.15) is 0 Å². The van der Waals surface area contributed by atoms with Crippen LogP contribution in [0.5, 0.6) is 0 Å². The third kappa shape index (κ3) is 5.72. The highest BCUT2D eigenvalue weighted by Crippen LogP contribution is 2.35. The number of amides is 2. The molecule has 0 saturated heterocycles. The number of aromatic amines is 2. The molecule has 0 spiro atoms. The largest absolute Gasteiger partial charge is 0.336 e. The van der Waals surface area contributed by atoms with Crippen LogP contribution in [0.1, 0.15) is 56.5 Å². The van der Waals surface area contributed by atoms with Crippen LogP contribution in [-0.2, 0) is 22.6 Å². The molecule has 0 radical (unpaired) electrons. The number of aromatic nitrogens is 4. The predicted octanol–water partition coefficient (Wildman–Crippen LogP) is 3.64. The standard InChI is InChI=1S/C27H29FN6O4/c1-4-5-12-34-25-23(26(37)33-27(34)38)31-24(32-25)20(13-17-8-6-7-9-21(17)28)19-11-10-18(29-15(2)35)14-22(19)30-16(3)36/h6-11,14,20H,4-5,12-13H2,1-3H3,(H,29,35)(H,30,36)(H,31,32)(H,33,37,38). The summed E-state index contributed by atoms with van der Waals surface area (Å²) < 4.78 is 16.2. The van der Waals surface area contributed by atoms with Crippen molar-refractivity contribution in [2.75, 3.05) is 10.6 Å². The van der Waals surface area contributed by atoms with Crippen molar-refractivity contribution in [1.29, 1.82) is 0 Å². The van der Waals surface area contributed by atoms with Crippen LogP contribution in [0.2, 0.25) is 0 Å². The summed E-state index contributed by atoms with van der Waals surface area (Å²) in [6, 6.07) is 11.3. The molecule has 2 amide bonds. The first kappa shape index (κ1) is 26.5. The molecule has 0 fully saturated rings. The second-order valence-electron chi connectivity index (χ2n) is 9.10. The average Bonchev–Trinajstić information content (AvgIpc) is 3.29. The van der Waals surface area contributed by atoms with Gasteiger partial charge in [0.2, 0.25) is 11.8 Å². The highest BCUT2D eigenvalue weighted by Gasteiger charge is 2.25. The van der Waals surface area contributed by atoms with Crippen LogP contribution < -0.4 is 21.9 Å². The Morgan fingerprint density at radius 1 is 1.05 bits per heavy atom. The highest BCUT2D eigenvalue weighted by molar-refractivity contribution is 5.93. The molecule has 0 bridgehead atoms. The van der Waals surface area contributed by atoms with Crippen LogP contribution in [0.3, 0.4) is 0 Å². The minimum absolute atomic E-state index is 0.130. The van der Waals surface area contributed by atoms with E-state index < -0.39 is 23.0 Å². The number of nitrogens with one attached hydrogen (secondary N) is 4. The zero-order chi connectivity index (χ0) is 27.4. The summed E-state index contributed by atoms with van der Waals surface area (Å²) in [4.78, 5) is 59.0. The number of hydrogen-bond acceptors (Lipinski definition) is 5. The second-order valence-corrected chi connectivity index (χ2v) is 9.10. The monoisotopic (exact) mass is 520 g/mol. The predicted molar refractivity (Wildman–Crippen MR) is 143 cm³/mol. The Morgan fingerprint density at radius 2 is 1.79 bits per heavy atom. The molecule has 11 heteroatoms. The van der Waals surface area contributed by atoms with Gasteiger partial charge in [0.15, 0.2) is 5.65 Å². The van der Waals surface area contributed by atoms with Crippen molar-refractivity contribution in [3.05, 3.63) is 86.1 Å². The summed E-state index contributed by atoms with van der Waals surface area (Å²) >= 11 is 0. The molecule has 0 aliphatic carbocycles. The molecule has 4 aromatic rings. The van der Waals surface area contributed by atoms with E-state index in [1.165, 1.54) is 24.5 Å². The lowest BCUT2D eigenvalue weighted by atomic mass is 9.89. The number of H-pyrrole nitrogens is 2. The average molecular weight is 521 g/mol. The fourth-order valence-corrected chi connectivity index (χ4v) is 4.42. The number of fused-ring (bicyclic) bond motifs is 1. The number of nitrogens with zero attached hydrogens (tertiary/aromatic N) is 2. The molecule has 4 N–H and O–H groups in total. The van der Waals surface area contributed by atoms with Gasteiger partial charge in [-0.1, -0.05) is 37.6 Å². The Kier molecular flexibility index (Phi) is 7.85. The van der Waals surface area contributed by atoms with E-state index in [2.05, 4.69) is 25.6 Å². The number of hydrogen-bond donors (Lipinski definition) is 4. The van der Waals surface area contributed by atoms with Gasteiger partial charge in [0.1, 0.15) is 17.2 Å². The van der Waals surface area contributed by atoms with Crippen molar-refractivity contribution in [3.8, 4) is 0 Å². The molecule has 2 heterocycles. The number of halogens is 1. The van der Waals surface area contributed by atoms with Gasteiger partial charge < -0.3 is 15.6 Å². The maximum absolute atomic E-state index is 14.8. The SMILES string of the molecule is CCCCn1c(=O)[nH]c(=O)c2[nH]c(C(Cc3ccccc3F)c3ccc(NC(C)=O)cc3NC(C)=O)nc21. The first-order chi connectivity index (χ1) is 18.2. The zero-order valence-corrected chi connectivity index (χ0v) is 21.4. The Labute approximate surface area is 217 Å². The fourth-order valence-electron chi connectivity index (χ4n) is 4.42. The number of unbranched alkanes of at least 4 members (excludes halogenated alkanes) is 1. The summed E-state index contributed by atoms with van der Waals surface area (Å²) in [6.45, 7) is 5.08. The molecular weight excluding hydrogens is 491 g/mol. The maximum atomic E-state index is 14.8. The summed E-state index contributed by atoms with van der Waals surface area (Å²) in [5.74, 6) is -1.37. The summed E-state index contributed by atoms with van der Waals surface area (Å²) in [5.41, 5.74) is 1.00. The quantitative estimate of drug-likeness (QED) is 0.267. The molecule has 2 aromatic carbocycles. The van der Waals surface area contributed by atoms with E-state index in [0.717, 1.165) is 6.42 Å². The molecule has 0 aliphatic heterocycles. The summed E-state index contributed by atoms with van der Waals surface area (Å²) in [6.07, 6.45) is 1.68. The Bertz CT molecular complexity index is 1620. The van der Waals surface area contributed by atoms with E-state index in [4.69, 9.17) is 0 Å². The van der Waals surface area contributed by atoms with E-state index in [9.17, 15) is 23.6 Å². The molecule has 2 aromatic heterocycles. The van der Waals surface area contributed by atoms with E-state index in [1.807, 2.05) is 6.92 Å². The minimum Gasteiger partial charge on any atom is -0.336 e. The van der Waals surface area contributed by atoms with Gasteiger partial charge in [0, 0.05) is 37.7 Å². The molecule has 198 valence electrons. The zero-order valence-electron chi connectivity index (χ0n) is 21.4. The van der Waals surface area contributed by atoms with Crippen LogP contribution in [0.4, 0.5) is 15.8 Å². The summed E-state index contributed by atoms with van der Waals surface area (Å²) in [5, 5.41) is 5.47. The molecule has 4 rings (SSSR count). The van der Waals surface area contributed by atoms with E-state index in [-0.39, 0.29) is 29.4 Å². The van der Waals surface area contributed by atoms with Crippen molar-refractivity contribution in [2.24, 2.45) is 0 Å². The second kappa shape index (κ2) is 11.2. The number of rotatable bonds is 9. The number of carbonyl (C=O) groups is 2. The van der Waals surface area contributed by atoms with Crippen LogP contribution >= 0.6 is 0 Å². The fraction of sp³-hybridized carbons (Fsp3) is 0.296. The molecule has 10 nitrogen and oxygen atoms in total. The van der Waals surface area contributed by atoms with E-state index in [0.29, 0.717) is 41.3 Å². The van der Waals surface area contributed by atoms with Crippen molar-refractivity contribution in [3.63, 3.8) is 0 Å². The first-order valence-electron chi connectivity index (χ1n) is 12.3. The number of imidazole rings is 1. The smallest absolute Gasteiger partial charge is 0.330 e. The van der Waals surface area contributed by atoms with Gasteiger partial charge in [-0.05, 0) is 42.2 Å². The van der Waals surface area contributed by atoms with Gasteiger partial charge in [0.05, 0.1) is 0 Å². The summed E-state index contributed by atoms with van der Waals surface area (Å²) in [7, 11) is 0. The highest BCUT2D eigenvalue weighted by atomic mass is 19.1. The molecule has 1 atom stereocenters. The van der Waals surface area contributed by atoms with Crippen LogP contribution in [0, 0.1) is 5.82 Å². The number of benzene rings is 2. The molecule has 0 saturated carbocycles. The third-order valence-corrected chi connectivity index (χ3v) is 6.16. The van der Waals surface area contributed by atoms with Crippen LogP contribution in [-0.4, -0.2) is 31.3 Å². The third-order valence-electron chi connectivity index (χ3n) is 6.16. The molecule has 0 aliphatic rings. The molecule has 38 heavy (non-hydrogen) atoms. The van der Waals surface area contributed by atoms with E-state index in [1.54, 1.807) is 36.4 Å². The molecular formula is C27H29FN6O4. The van der Waals surface area contributed by atoms with Gasteiger partial charge >= 0.3 is 5.69 Å². The lowest BCUT2D eigenvalue weighted by Gasteiger charge is -2.20. The van der Waals surface area contributed by atoms with E-state index >= 15 is 0 Å². The number of aryl methyl sites for hydroxylation is 1. The lowest BCUT2D eigenvalue weighted by Crippen LogP contribution is -2.30. The van der Waals surface area contributed by atoms with Gasteiger partial charge in [-0.25, -0.2) is 14.2 Å². The van der Waals surface area contributed by atoms with Crippen LogP contribution in [0.25, 0.3) is 11.2 Å². The van der Waals surface area contributed by atoms with Crippen molar-refractivity contribution in [1.82, 2.24) is 19.5 Å². The normalized spacial score (nSPS) is 11.9. The van der Waals surface area contributed by atoms with Gasteiger partial charge in [0.25, 0.3) is 5.56 Å². The Hall–Kier alpha value is -4.54. The Balaban J connectivity index is 1.94. The van der Waals surface area contributed by atoms with Crippen molar-refractivity contribution < 1.29 is 14.0 Å². The van der Waals surface area contributed by atoms with Crippen molar-refractivity contribution in [2.45, 2.75) is 52.5 Å². The number of anilines is 2. The first-order valence-corrected chi connectivity index (χ1v) is 12.3. The number of carbonyl (C=O) groups excluding carboxylic acids is 2. The van der Waals surface area contributed by atoms with Gasteiger partial charge in [-0.3, -0.25) is 23.9 Å². The molecule has 1 unspecified atom stereocenters. The minimum atomic E-state index is -0.651. The van der Waals surface area contributed by atoms with Crippen molar-refractivity contribution >= 4 is 34.4 Å².